The van der Waals surface area contributed by atoms with Gasteiger partial charge in [0.15, 0.2) is 23.2 Å². The Hall–Kier alpha value is -2.92. The number of ether oxygens (including phenoxy) is 1. The van der Waals surface area contributed by atoms with Crippen molar-refractivity contribution in [2.75, 3.05) is 11.9 Å². The molecule has 3 aromatic rings. The Morgan fingerprint density at radius 3 is 2.61 bits per heavy atom. The fourth-order valence-electron chi connectivity index (χ4n) is 3.18. The van der Waals surface area contributed by atoms with Crippen LogP contribution in [0.5, 0.6) is 0 Å². The molecular weight excluding hydrogens is 366 g/mol. The molecule has 28 heavy (non-hydrogen) atoms. The zero-order valence-electron chi connectivity index (χ0n) is 14.7. The summed E-state index contributed by atoms with van der Waals surface area (Å²) in [5.74, 6) is 0.495. The van der Waals surface area contributed by atoms with E-state index in [0.29, 0.717) is 29.1 Å². The summed E-state index contributed by atoms with van der Waals surface area (Å²) in [5, 5.41) is 32.6. The second kappa shape index (κ2) is 7.60. The van der Waals surface area contributed by atoms with Gasteiger partial charge in [-0.2, -0.15) is 0 Å². The average molecular weight is 385 g/mol. The molecule has 0 amide bonds. The third kappa shape index (κ3) is 3.22. The van der Waals surface area contributed by atoms with Gasteiger partial charge < -0.3 is 25.4 Å². The van der Waals surface area contributed by atoms with E-state index in [1.807, 2.05) is 12.1 Å². The van der Waals surface area contributed by atoms with Crippen LogP contribution in [0, 0.1) is 0 Å². The fourth-order valence-corrected chi connectivity index (χ4v) is 3.18. The number of benzene rings is 1. The van der Waals surface area contributed by atoms with E-state index >= 15 is 0 Å². The number of aromatic nitrogens is 4. The van der Waals surface area contributed by atoms with Crippen molar-refractivity contribution in [1.29, 1.82) is 0 Å². The summed E-state index contributed by atoms with van der Waals surface area (Å²) in [4.78, 5) is 23.5. The van der Waals surface area contributed by atoms with Crippen molar-refractivity contribution in [2.45, 2.75) is 31.1 Å². The summed E-state index contributed by atoms with van der Waals surface area (Å²) >= 11 is 0. The summed E-state index contributed by atoms with van der Waals surface area (Å²) in [7, 11) is 0. The van der Waals surface area contributed by atoms with Gasteiger partial charge in [0.1, 0.15) is 30.9 Å². The first kappa shape index (κ1) is 18.4. The van der Waals surface area contributed by atoms with Gasteiger partial charge in [0, 0.05) is 12.1 Å². The molecule has 1 aliphatic rings. The number of carbonyl (C=O) groups excluding carboxylic acids is 1. The molecule has 0 aliphatic carbocycles. The van der Waals surface area contributed by atoms with Crippen molar-refractivity contribution in [1.82, 2.24) is 19.5 Å². The SMILES string of the molecule is O=Cc1ccc(CNc2ncnc3c2ncn3C2O[C@H](CO)[C@@H](O)[C@H]2O)cc1. The highest BCUT2D eigenvalue weighted by molar-refractivity contribution is 5.82. The Balaban J connectivity index is 1.57. The van der Waals surface area contributed by atoms with E-state index in [4.69, 9.17) is 4.74 Å². The number of imidazole rings is 1. The van der Waals surface area contributed by atoms with Crippen LogP contribution < -0.4 is 5.32 Å². The van der Waals surface area contributed by atoms with Gasteiger partial charge in [-0.25, -0.2) is 15.0 Å². The van der Waals surface area contributed by atoms with Crippen LogP contribution in [0.15, 0.2) is 36.9 Å². The molecule has 2 aromatic heterocycles. The molecule has 1 aliphatic heterocycles. The zero-order valence-corrected chi connectivity index (χ0v) is 14.7. The van der Waals surface area contributed by atoms with E-state index in [1.54, 1.807) is 12.1 Å². The summed E-state index contributed by atoms with van der Waals surface area (Å²) in [5.41, 5.74) is 2.46. The number of hydrogen-bond donors (Lipinski definition) is 4. The van der Waals surface area contributed by atoms with Crippen molar-refractivity contribution in [3.63, 3.8) is 0 Å². The van der Waals surface area contributed by atoms with E-state index in [1.165, 1.54) is 17.2 Å². The number of aliphatic hydroxyl groups is 3. The Morgan fingerprint density at radius 1 is 1.14 bits per heavy atom. The quantitative estimate of drug-likeness (QED) is 0.426. The summed E-state index contributed by atoms with van der Waals surface area (Å²) in [6.45, 7) is 0.0536. The molecule has 4 rings (SSSR count). The summed E-state index contributed by atoms with van der Waals surface area (Å²) in [6, 6.07) is 7.14. The van der Waals surface area contributed by atoms with Crippen LogP contribution in [-0.4, -0.2) is 66.0 Å². The molecule has 1 unspecified atom stereocenters. The predicted molar refractivity (Wildman–Crippen MR) is 97.5 cm³/mol. The van der Waals surface area contributed by atoms with Gasteiger partial charge in [-0.05, 0) is 5.56 Å². The molecule has 146 valence electrons. The second-order valence-electron chi connectivity index (χ2n) is 6.49. The van der Waals surface area contributed by atoms with Gasteiger partial charge in [0.2, 0.25) is 0 Å². The molecule has 4 atom stereocenters. The van der Waals surface area contributed by atoms with E-state index < -0.39 is 31.1 Å². The Kier molecular flexibility index (Phi) is 5.01. The highest BCUT2D eigenvalue weighted by atomic mass is 16.6. The molecule has 10 heteroatoms. The molecule has 4 N–H and O–H groups in total. The van der Waals surface area contributed by atoms with Crippen LogP contribution in [0.3, 0.4) is 0 Å². The molecule has 1 fully saturated rings. The van der Waals surface area contributed by atoms with E-state index in [2.05, 4.69) is 20.3 Å². The molecule has 0 bridgehead atoms. The van der Waals surface area contributed by atoms with Crippen molar-refractivity contribution in [3.05, 3.63) is 48.0 Å². The third-order valence-electron chi connectivity index (χ3n) is 4.73. The van der Waals surface area contributed by atoms with Gasteiger partial charge in [0.25, 0.3) is 0 Å². The number of fused-ring (bicyclic) bond motifs is 1. The van der Waals surface area contributed by atoms with Crippen molar-refractivity contribution < 1.29 is 24.9 Å². The van der Waals surface area contributed by atoms with Crippen LogP contribution in [-0.2, 0) is 11.3 Å². The summed E-state index contributed by atoms with van der Waals surface area (Å²) < 4.78 is 7.05. The molecule has 1 aromatic carbocycles. The van der Waals surface area contributed by atoms with Crippen LogP contribution >= 0.6 is 0 Å². The zero-order chi connectivity index (χ0) is 19.7. The first-order valence-corrected chi connectivity index (χ1v) is 8.70. The molecule has 0 spiro atoms. The van der Waals surface area contributed by atoms with Crippen LogP contribution in [0.1, 0.15) is 22.1 Å². The van der Waals surface area contributed by atoms with E-state index in [-0.39, 0.29) is 0 Å². The highest BCUT2D eigenvalue weighted by Gasteiger charge is 2.44. The third-order valence-corrected chi connectivity index (χ3v) is 4.73. The molecule has 0 radical (unpaired) electrons. The lowest BCUT2D eigenvalue weighted by atomic mass is 10.1. The lowest BCUT2D eigenvalue weighted by Gasteiger charge is -2.16. The maximum Gasteiger partial charge on any atom is 0.167 e. The van der Waals surface area contributed by atoms with Crippen LogP contribution in [0.2, 0.25) is 0 Å². The second-order valence-corrected chi connectivity index (χ2v) is 6.49. The molecule has 0 saturated carbocycles. The number of nitrogens with zero attached hydrogens (tertiary/aromatic N) is 4. The normalized spacial score (nSPS) is 24.5. The largest absolute Gasteiger partial charge is 0.394 e. The monoisotopic (exact) mass is 385 g/mol. The van der Waals surface area contributed by atoms with Crippen molar-refractivity contribution in [2.24, 2.45) is 0 Å². The minimum atomic E-state index is -1.22. The molecule has 10 nitrogen and oxygen atoms in total. The number of hydrogen-bond acceptors (Lipinski definition) is 9. The molecular formula is C18H19N5O5. The Bertz CT molecular complexity index is 976. The number of aliphatic hydroxyl groups excluding tert-OH is 3. The number of rotatable bonds is 6. The Labute approximate surface area is 159 Å². The molecule has 3 heterocycles. The fraction of sp³-hybridized carbons (Fsp3) is 0.333. The van der Waals surface area contributed by atoms with Gasteiger partial charge in [-0.1, -0.05) is 24.3 Å². The maximum atomic E-state index is 10.7. The van der Waals surface area contributed by atoms with Crippen molar-refractivity contribution >= 4 is 23.3 Å². The summed E-state index contributed by atoms with van der Waals surface area (Å²) in [6.07, 6.45) is -0.639. The average Bonchev–Trinajstić information content (AvgIpc) is 3.28. The van der Waals surface area contributed by atoms with E-state index in [9.17, 15) is 20.1 Å². The Morgan fingerprint density at radius 2 is 1.93 bits per heavy atom. The predicted octanol–water partition coefficient (Wildman–Crippen LogP) is -0.138. The standard InChI is InChI=1S/C18H19N5O5/c24-6-11-3-1-10(2-4-11)5-19-16-13-17(21-8-20-16)23(9-22-13)18-15(27)14(26)12(7-25)28-18/h1-4,6,8-9,12,14-15,18,25-27H,5,7H2,(H,19,20,21)/t12-,14-,15-,18?/m1/s1. The number of nitrogens with one attached hydrogen (secondary N) is 1. The minimum absolute atomic E-state index is 0.411. The number of carbonyl (C=O) groups is 1. The highest BCUT2D eigenvalue weighted by Crippen LogP contribution is 2.32. The lowest BCUT2D eigenvalue weighted by molar-refractivity contribution is -0.0511. The van der Waals surface area contributed by atoms with Crippen LogP contribution in [0.4, 0.5) is 5.82 Å². The van der Waals surface area contributed by atoms with Crippen molar-refractivity contribution in [3.8, 4) is 0 Å². The maximum absolute atomic E-state index is 10.7. The number of aldehydes is 1. The minimum Gasteiger partial charge on any atom is -0.394 e. The number of anilines is 1. The van der Waals surface area contributed by atoms with E-state index in [0.717, 1.165) is 11.8 Å². The molecule has 1 saturated heterocycles. The van der Waals surface area contributed by atoms with Crippen LogP contribution in [0.25, 0.3) is 11.2 Å². The van der Waals surface area contributed by atoms with Gasteiger partial charge in [-0.15, -0.1) is 0 Å². The van der Waals surface area contributed by atoms with Gasteiger partial charge in [0.05, 0.1) is 12.9 Å². The topological polar surface area (TPSA) is 143 Å². The van der Waals surface area contributed by atoms with Gasteiger partial charge >= 0.3 is 0 Å². The smallest absolute Gasteiger partial charge is 0.167 e. The first-order chi connectivity index (χ1) is 13.6. The first-order valence-electron chi connectivity index (χ1n) is 8.70. The van der Waals surface area contributed by atoms with Gasteiger partial charge in [-0.3, -0.25) is 9.36 Å². The lowest BCUT2D eigenvalue weighted by Crippen LogP contribution is -2.33.